The minimum absolute atomic E-state index is 0.542. The molecule has 1 fully saturated rings. The molecule has 1 nitrogen and oxygen atoms in total. The van der Waals surface area contributed by atoms with Crippen molar-refractivity contribution in [1.29, 1.82) is 0 Å². The van der Waals surface area contributed by atoms with E-state index in [-0.39, 0.29) is 0 Å². The summed E-state index contributed by atoms with van der Waals surface area (Å²) in [5.74, 6) is 0.872. The lowest BCUT2D eigenvalue weighted by Gasteiger charge is -2.31. The lowest BCUT2D eigenvalue weighted by atomic mass is 9.89. The minimum Gasteiger partial charge on any atom is -0.307 e. The summed E-state index contributed by atoms with van der Waals surface area (Å²) in [7, 11) is 0. The topological polar surface area (TPSA) is 12.0 Å². The van der Waals surface area contributed by atoms with Gasteiger partial charge in [-0.05, 0) is 56.6 Å². The number of fused-ring (bicyclic) bond motifs is 1. The molecule has 3 rings (SSSR count). The van der Waals surface area contributed by atoms with Gasteiger partial charge < -0.3 is 5.32 Å². The standard InChI is InChI=1S/C17H26ClNS/c1-12(13-7-4-2-3-5-8-13)19-15-9-6-10-16-14(15)11-17(18)20-16/h11-13,15,19H,2-10H2,1H3/t12-,15?/m0/s1. The first-order chi connectivity index (χ1) is 9.74. The molecule has 1 aromatic heterocycles. The molecule has 20 heavy (non-hydrogen) atoms. The van der Waals surface area contributed by atoms with Crippen molar-refractivity contribution in [2.24, 2.45) is 5.92 Å². The highest BCUT2D eigenvalue weighted by Gasteiger charge is 2.26. The van der Waals surface area contributed by atoms with Crippen LogP contribution in [0.15, 0.2) is 6.07 Å². The highest BCUT2D eigenvalue weighted by Crippen LogP contribution is 2.38. The molecular formula is C17H26ClNS. The molecule has 0 radical (unpaired) electrons. The first-order valence-electron chi connectivity index (χ1n) is 8.28. The molecule has 1 heterocycles. The van der Waals surface area contributed by atoms with Crippen LogP contribution < -0.4 is 5.32 Å². The Morgan fingerprint density at radius 1 is 1.15 bits per heavy atom. The quantitative estimate of drug-likeness (QED) is 0.703. The van der Waals surface area contributed by atoms with Gasteiger partial charge in [0.2, 0.25) is 0 Å². The Balaban J connectivity index is 1.65. The van der Waals surface area contributed by atoms with Gasteiger partial charge in [0.1, 0.15) is 0 Å². The molecule has 2 aliphatic carbocycles. The average molecular weight is 312 g/mol. The zero-order valence-corrected chi connectivity index (χ0v) is 14.0. The summed E-state index contributed by atoms with van der Waals surface area (Å²) in [5, 5.41) is 3.93. The lowest BCUT2D eigenvalue weighted by Crippen LogP contribution is -2.37. The Bertz CT molecular complexity index is 434. The maximum atomic E-state index is 6.21. The molecule has 0 amide bonds. The highest BCUT2D eigenvalue weighted by atomic mass is 35.5. The predicted molar refractivity (Wildman–Crippen MR) is 88.8 cm³/mol. The minimum atomic E-state index is 0.542. The third-order valence-electron chi connectivity index (χ3n) is 5.15. The van der Waals surface area contributed by atoms with Crippen molar-refractivity contribution >= 4 is 22.9 Å². The normalized spacial score (nSPS) is 26.0. The lowest BCUT2D eigenvalue weighted by molar-refractivity contribution is 0.297. The molecular weight excluding hydrogens is 286 g/mol. The fourth-order valence-electron chi connectivity index (χ4n) is 3.96. The Morgan fingerprint density at radius 3 is 2.65 bits per heavy atom. The van der Waals surface area contributed by atoms with Crippen molar-refractivity contribution in [3.63, 3.8) is 0 Å². The molecule has 1 saturated carbocycles. The third-order valence-corrected chi connectivity index (χ3v) is 6.49. The van der Waals surface area contributed by atoms with E-state index in [9.17, 15) is 0 Å². The molecule has 1 aromatic rings. The van der Waals surface area contributed by atoms with Gasteiger partial charge in [-0.1, -0.05) is 37.3 Å². The SMILES string of the molecule is C[C@H](NC1CCCc2sc(Cl)cc21)C1CCCCCC1. The fourth-order valence-corrected chi connectivity index (χ4v) is 5.34. The second-order valence-electron chi connectivity index (χ2n) is 6.58. The molecule has 0 aromatic carbocycles. The molecule has 2 aliphatic rings. The van der Waals surface area contributed by atoms with Gasteiger partial charge in [0, 0.05) is 17.0 Å². The summed E-state index contributed by atoms with van der Waals surface area (Å²) in [6.07, 6.45) is 12.4. The molecule has 0 bridgehead atoms. The van der Waals surface area contributed by atoms with E-state index >= 15 is 0 Å². The third kappa shape index (κ3) is 3.40. The number of hydrogen-bond donors (Lipinski definition) is 1. The number of thiophene rings is 1. The van der Waals surface area contributed by atoms with E-state index in [1.807, 2.05) is 0 Å². The van der Waals surface area contributed by atoms with E-state index in [4.69, 9.17) is 11.6 Å². The summed E-state index contributed by atoms with van der Waals surface area (Å²) >= 11 is 8.00. The molecule has 2 atom stereocenters. The molecule has 1 N–H and O–H groups in total. The summed E-state index contributed by atoms with van der Waals surface area (Å²) < 4.78 is 0.964. The zero-order chi connectivity index (χ0) is 13.9. The predicted octanol–water partition coefficient (Wildman–Crippen LogP) is 5.73. The van der Waals surface area contributed by atoms with E-state index in [1.54, 1.807) is 11.3 Å². The number of aryl methyl sites for hydroxylation is 1. The van der Waals surface area contributed by atoms with Crippen molar-refractivity contribution in [1.82, 2.24) is 5.32 Å². The van der Waals surface area contributed by atoms with Crippen molar-refractivity contribution in [2.75, 3.05) is 0 Å². The first kappa shape index (κ1) is 14.9. The van der Waals surface area contributed by atoms with E-state index in [1.165, 1.54) is 68.2 Å². The van der Waals surface area contributed by atoms with Crippen LogP contribution in [0.5, 0.6) is 0 Å². The zero-order valence-electron chi connectivity index (χ0n) is 12.5. The fraction of sp³-hybridized carbons (Fsp3) is 0.765. The molecule has 0 saturated heterocycles. The van der Waals surface area contributed by atoms with Crippen LogP contribution in [0, 0.1) is 5.92 Å². The summed E-state index contributed by atoms with van der Waals surface area (Å²) in [5.41, 5.74) is 1.49. The first-order valence-corrected chi connectivity index (χ1v) is 9.47. The van der Waals surface area contributed by atoms with Crippen LogP contribution in [0.3, 0.4) is 0 Å². The van der Waals surface area contributed by atoms with Crippen LogP contribution >= 0.6 is 22.9 Å². The van der Waals surface area contributed by atoms with Crippen LogP contribution in [0.25, 0.3) is 0 Å². The van der Waals surface area contributed by atoms with Crippen molar-refractivity contribution < 1.29 is 0 Å². The second-order valence-corrected chi connectivity index (χ2v) is 8.35. The Hall–Kier alpha value is -0.0500. The molecule has 3 heteroatoms. The molecule has 0 aliphatic heterocycles. The monoisotopic (exact) mass is 311 g/mol. The van der Waals surface area contributed by atoms with Gasteiger partial charge in [0.05, 0.1) is 4.34 Å². The van der Waals surface area contributed by atoms with Gasteiger partial charge in [-0.2, -0.15) is 0 Å². The maximum Gasteiger partial charge on any atom is 0.0934 e. The van der Waals surface area contributed by atoms with Crippen LogP contribution in [-0.4, -0.2) is 6.04 Å². The molecule has 0 spiro atoms. The van der Waals surface area contributed by atoms with Crippen LogP contribution in [-0.2, 0) is 6.42 Å². The van der Waals surface area contributed by atoms with Crippen molar-refractivity contribution in [2.45, 2.75) is 76.8 Å². The molecule has 112 valence electrons. The maximum absolute atomic E-state index is 6.21. The van der Waals surface area contributed by atoms with Gasteiger partial charge in [0.15, 0.2) is 0 Å². The van der Waals surface area contributed by atoms with Gasteiger partial charge >= 0.3 is 0 Å². The Morgan fingerprint density at radius 2 is 1.90 bits per heavy atom. The Labute approximate surface area is 132 Å². The van der Waals surface area contributed by atoms with E-state index in [0.29, 0.717) is 12.1 Å². The number of rotatable bonds is 3. The van der Waals surface area contributed by atoms with E-state index in [0.717, 1.165) is 10.3 Å². The van der Waals surface area contributed by atoms with Gasteiger partial charge in [-0.3, -0.25) is 0 Å². The van der Waals surface area contributed by atoms with E-state index < -0.39 is 0 Å². The molecule has 1 unspecified atom stereocenters. The van der Waals surface area contributed by atoms with Crippen LogP contribution in [0.4, 0.5) is 0 Å². The average Bonchev–Trinajstić information content (AvgIpc) is 2.64. The van der Waals surface area contributed by atoms with Crippen molar-refractivity contribution in [3.8, 4) is 0 Å². The van der Waals surface area contributed by atoms with Gasteiger partial charge in [0.25, 0.3) is 0 Å². The second kappa shape index (κ2) is 6.81. The van der Waals surface area contributed by atoms with Gasteiger partial charge in [-0.15, -0.1) is 11.3 Å². The largest absolute Gasteiger partial charge is 0.307 e. The van der Waals surface area contributed by atoms with Crippen molar-refractivity contribution in [3.05, 3.63) is 20.8 Å². The van der Waals surface area contributed by atoms with E-state index in [2.05, 4.69) is 18.3 Å². The highest BCUT2D eigenvalue weighted by molar-refractivity contribution is 7.16. The van der Waals surface area contributed by atoms with Crippen LogP contribution in [0.2, 0.25) is 4.34 Å². The van der Waals surface area contributed by atoms with Gasteiger partial charge in [-0.25, -0.2) is 0 Å². The Kier molecular flexibility index (Phi) is 5.06. The smallest absolute Gasteiger partial charge is 0.0934 e. The summed E-state index contributed by atoms with van der Waals surface area (Å²) in [6.45, 7) is 2.40. The van der Waals surface area contributed by atoms with Crippen LogP contribution in [0.1, 0.15) is 74.8 Å². The number of hydrogen-bond acceptors (Lipinski definition) is 2. The summed E-state index contributed by atoms with van der Waals surface area (Å²) in [4.78, 5) is 1.52. The summed E-state index contributed by atoms with van der Waals surface area (Å²) in [6, 6.07) is 3.39. The number of halogens is 1. The number of nitrogens with one attached hydrogen (secondary N) is 1.